The van der Waals surface area contributed by atoms with Crippen LogP contribution in [0.1, 0.15) is 17.4 Å². The van der Waals surface area contributed by atoms with Crippen LogP contribution in [0.2, 0.25) is 10.0 Å². The molecule has 1 N–H and O–H groups in total. The maximum Gasteiger partial charge on any atom is 0.257 e. The van der Waals surface area contributed by atoms with Gasteiger partial charge in [-0.1, -0.05) is 41.4 Å². The van der Waals surface area contributed by atoms with Gasteiger partial charge in [0.15, 0.2) is 6.17 Å². The van der Waals surface area contributed by atoms with Gasteiger partial charge in [-0.15, -0.1) is 0 Å². The van der Waals surface area contributed by atoms with E-state index in [9.17, 15) is 4.79 Å². The van der Waals surface area contributed by atoms with Crippen LogP contribution in [0, 0.1) is 6.92 Å². The van der Waals surface area contributed by atoms with Crippen molar-refractivity contribution in [1.29, 1.82) is 0 Å². The van der Waals surface area contributed by atoms with Crippen LogP contribution in [0.25, 0.3) is 0 Å². The van der Waals surface area contributed by atoms with Crippen LogP contribution >= 0.6 is 23.2 Å². The average molecular weight is 469 g/mol. The molecule has 32 heavy (non-hydrogen) atoms. The molecule has 0 saturated carbocycles. The molecule has 0 aliphatic carbocycles. The van der Waals surface area contributed by atoms with Crippen molar-refractivity contribution in [2.24, 2.45) is 4.99 Å². The van der Waals surface area contributed by atoms with Crippen LogP contribution in [-0.4, -0.2) is 46.6 Å². The predicted molar refractivity (Wildman–Crippen MR) is 129 cm³/mol. The van der Waals surface area contributed by atoms with Gasteiger partial charge in [-0.05, 0) is 42.8 Å². The molecule has 2 aromatic carbocycles. The Hall–Kier alpha value is -3.03. The summed E-state index contributed by atoms with van der Waals surface area (Å²) in [7, 11) is 0. The third-order valence-corrected chi connectivity index (χ3v) is 6.20. The van der Waals surface area contributed by atoms with E-state index in [0.29, 0.717) is 22.6 Å². The third-order valence-electron chi connectivity index (χ3n) is 5.71. The molecule has 164 valence electrons. The van der Waals surface area contributed by atoms with E-state index in [4.69, 9.17) is 28.2 Å². The molecule has 1 saturated heterocycles. The topological polar surface area (TPSA) is 65.8 Å². The molecular weight excluding hydrogens is 447 g/mol. The minimum atomic E-state index is -0.509. The Labute approximate surface area is 195 Å². The van der Waals surface area contributed by atoms with E-state index in [-0.39, 0.29) is 5.56 Å². The van der Waals surface area contributed by atoms with Crippen molar-refractivity contribution in [3.05, 3.63) is 86.3 Å². The standard InChI is InChI=1S/C23H22Cl2N6O/c1-15-13-20(32)31-21(16-5-7-17(24)8-6-16)27-22(28-23(31)26-15)30-11-9-29(10-12-30)19-4-2-3-18(25)14-19/h2-8,13-14,21H,9-12H2,1H3,(H,26,27,28). The number of hydrogen-bond donors (Lipinski definition) is 1. The van der Waals surface area contributed by atoms with Gasteiger partial charge < -0.3 is 9.80 Å². The largest absolute Gasteiger partial charge is 0.368 e. The number of benzene rings is 2. The highest BCUT2D eigenvalue weighted by molar-refractivity contribution is 6.31. The van der Waals surface area contributed by atoms with Gasteiger partial charge in [0.05, 0.1) is 0 Å². The van der Waals surface area contributed by atoms with Gasteiger partial charge in [-0.3, -0.25) is 14.7 Å². The highest BCUT2D eigenvalue weighted by Gasteiger charge is 2.29. The number of halogens is 2. The lowest BCUT2D eigenvalue weighted by molar-refractivity contribution is 0.376. The predicted octanol–water partition coefficient (Wildman–Crippen LogP) is 4.01. The molecule has 0 radical (unpaired) electrons. The third kappa shape index (κ3) is 4.06. The number of rotatable bonds is 2. The Morgan fingerprint density at radius 1 is 0.938 bits per heavy atom. The molecule has 7 nitrogen and oxygen atoms in total. The summed E-state index contributed by atoms with van der Waals surface area (Å²) in [5.41, 5.74) is 2.51. The van der Waals surface area contributed by atoms with Crippen LogP contribution in [-0.2, 0) is 0 Å². The van der Waals surface area contributed by atoms with Crippen molar-refractivity contribution in [3.63, 3.8) is 0 Å². The van der Waals surface area contributed by atoms with E-state index in [1.54, 1.807) is 4.57 Å². The lowest BCUT2D eigenvalue weighted by Crippen LogP contribution is -2.52. The molecule has 3 aromatic rings. The number of aryl methyl sites for hydroxylation is 1. The molecule has 1 aromatic heterocycles. The monoisotopic (exact) mass is 468 g/mol. The molecule has 0 bridgehead atoms. The first-order valence-electron chi connectivity index (χ1n) is 10.4. The first-order chi connectivity index (χ1) is 15.5. The Kier molecular flexibility index (Phi) is 5.53. The molecule has 5 rings (SSSR count). The van der Waals surface area contributed by atoms with Gasteiger partial charge in [0.1, 0.15) is 0 Å². The van der Waals surface area contributed by atoms with Gasteiger partial charge in [0, 0.05) is 53.7 Å². The van der Waals surface area contributed by atoms with E-state index in [0.717, 1.165) is 42.5 Å². The van der Waals surface area contributed by atoms with Gasteiger partial charge in [0.25, 0.3) is 5.56 Å². The number of hydrogen-bond acceptors (Lipinski definition) is 6. The van der Waals surface area contributed by atoms with Crippen LogP contribution in [0.5, 0.6) is 0 Å². The van der Waals surface area contributed by atoms with Crippen LogP contribution in [0.3, 0.4) is 0 Å². The molecule has 0 amide bonds. The maximum atomic E-state index is 12.8. The quantitative estimate of drug-likeness (QED) is 0.615. The molecule has 2 aliphatic rings. The minimum absolute atomic E-state index is 0.145. The summed E-state index contributed by atoms with van der Waals surface area (Å²) in [5, 5.41) is 4.66. The molecule has 9 heteroatoms. The van der Waals surface area contributed by atoms with Gasteiger partial charge in [-0.25, -0.2) is 9.98 Å². The fourth-order valence-corrected chi connectivity index (χ4v) is 4.42. The summed E-state index contributed by atoms with van der Waals surface area (Å²) < 4.78 is 1.59. The first-order valence-corrected chi connectivity index (χ1v) is 11.2. The molecule has 1 fully saturated rings. The number of guanidine groups is 1. The molecular formula is C23H22Cl2N6O. The molecule has 1 atom stereocenters. The highest BCUT2D eigenvalue weighted by Crippen LogP contribution is 2.28. The second-order valence-electron chi connectivity index (χ2n) is 7.89. The van der Waals surface area contributed by atoms with Crippen molar-refractivity contribution in [2.45, 2.75) is 13.1 Å². The number of aliphatic imine (C=N–C) groups is 1. The van der Waals surface area contributed by atoms with E-state index in [1.165, 1.54) is 6.07 Å². The number of fused-ring (bicyclic) bond motifs is 1. The lowest BCUT2D eigenvalue weighted by atomic mass is 10.1. The number of piperazine rings is 1. The zero-order valence-corrected chi connectivity index (χ0v) is 19.0. The van der Waals surface area contributed by atoms with Gasteiger partial charge >= 0.3 is 0 Å². The Bertz CT molecular complexity index is 1230. The van der Waals surface area contributed by atoms with Gasteiger partial charge in [-0.2, -0.15) is 0 Å². The summed E-state index contributed by atoms with van der Waals surface area (Å²) in [5.74, 6) is 1.21. The fourth-order valence-electron chi connectivity index (χ4n) is 4.10. The zero-order valence-electron chi connectivity index (χ0n) is 17.5. The fraction of sp³-hybridized carbons (Fsp3) is 0.261. The van der Waals surface area contributed by atoms with Gasteiger partial charge in [0.2, 0.25) is 11.9 Å². The van der Waals surface area contributed by atoms with E-state index in [2.05, 4.69) is 26.2 Å². The number of nitrogens with zero attached hydrogens (tertiary/aromatic N) is 5. The highest BCUT2D eigenvalue weighted by atomic mass is 35.5. The summed E-state index contributed by atoms with van der Waals surface area (Å²) in [4.78, 5) is 26.8. The second kappa shape index (κ2) is 8.48. The summed E-state index contributed by atoms with van der Waals surface area (Å²) in [6.45, 7) is 5.04. The summed E-state index contributed by atoms with van der Waals surface area (Å²) >= 11 is 12.2. The normalized spacial score (nSPS) is 18.1. The smallest absolute Gasteiger partial charge is 0.257 e. The SMILES string of the molecule is Cc1cc(=O)n2c(n1)NC(N1CCN(c3cccc(Cl)c3)CC1)=NC2c1ccc(Cl)cc1. The Balaban J connectivity index is 1.44. The van der Waals surface area contributed by atoms with Crippen molar-refractivity contribution >= 4 is 40.8 Å². The Morgan fingerprint density at radius 2 is 1.66 bits per heavy atom. The van der Waals surface area contributed by atoms with E-state index >= 15 is 0 Å². The van der Waals surface area contributed by atoms with Crippen molar-refractivity contribution in [3.8, 4) is 0 Å². The summed E-state index contributed by atoms with van der Waals surface area (Å²) in [6.07, 6.45) is -0.509. The van der Waals surface area contributed by atoms with Crippen LogP contribution in [0.4, 0.5) is 11.6 Å². The summed E-state index contributed by atoms with van der Waals surface area (Å²) in [6, 6.07) is 16.8. The van der Waals surface area contributed by atoms with E-state index in [1.807, 2.05) is 49.4 Å². The van der Waals surface area contributed by atoms with Crippen LogP contribution < -0.4 is 15.8 Å². The van der Waals surface area contributed by atoms with Crippen molar-refractivity contribution < 1.29 is 0 Å². The minimum Gasteiger partial charge on any atom is -0.368 e. The maximum absolute atomic E-state index is 12.8. The number of aromatic nitrogens is 2. The van der Waals surface area contributed by atoms with Crippen molar-refractivity contribution in [1.82, 2.24) is 14.5 Å². The number of nitrogens with one attached hydrogen (secondary N) is 1. The molecule has 1 unspecified atom stereocenters. The molecule has 2 aliphatic heterocycles. The van der Waals surface area contributed by atoms with Crippen LogP contribution in [0.15, 0.2) is 64.4 Å². The first kappa shape index (κ1) is 20.8. The second-order valence-corrected chi connectivity index (χ2v) is 8.76. The average Bonchev–Trinajstić information content (AvgIpc) is 2.79. The van der Waals surface area contributed by atoms with Crippen molar-refractivity contribution in [2.75, 3.05) is 36.4 Å². The molecule has 0 spiro atoms. The van der Waals surface area contributed by atoms with E-state index < -0.39 is 6.17 Å². The number of anilines is 2. The molecule has 3 heterocycles. The zero-order chi connectivity index (χ0) is 22.2. The Morgan fingerprint density at radius 3 is 2.38 bits per heavy atom. The lowest BCUT2D eigenvalue weighted by Gasteiger charge is -2.39.